The van der Waals surface area contributed by atoms with E-state index in [-0.39, 0.29) is 0 Å². The third-order valence-corrected chi connectivity index (χ3v) is 3.93. The van der Waals surface area contributed by atoms with E-state index >= 15 is 0 Å². The first-order chi connectivity index (χ1) is 8.97. The van der Waals surface area contributed by atoms with Gasteiger partial charge in [-0.1, -0.05) is 13.3 Å². The van der Waals surface area contributed by atoms with E-state index < -0.39 is 5.97 Å². The molecule has 0 amide bonds. The van der Waals surface area contributed by atoms with E-state index in [0.29, 0.717) is 22.9 Å². The Labute approximate surface area is 114 Å². The number of carboxylic acids is 1. The standard InChI is InChI=1S/C15H22N2O2/c1-9-4-5-12(6-9)8-16-13-7-10(2)17-11(3)14(13)15(18)19/h7,9,12H,4-6,8H2,1-3H3,(H,16,17)(H,18,19). The smallest absolute Gasteiger partial charge is 0.339 e. The van der Waals surface area contributed by atoms with Gasteiger partial charge in [0.05, 0.1) is 11.4 Å². The van der Waals surface area contributed by atoms with E-state index in [1.807, 2.05) is 13.0 Å². The van der Waals surface area contributed by atoms with Gasteiger partial charge in [0.15, 0.2) is 0 Å². The van der Waals surface area contributed by atoms with Gasteiger partial charge in [-0.3, -0.25) is 4.98 Å². The van der Waals surface area contributed by atoms with Crippen LogP contribution in [0.25, 0.3) is 0 Å². The van der Waals surface area contributed by atoms with Crippen molar-refractivity contribution in [2.45, 2.75) is 40.0 Å². The summed E-state index contributed by atoms with van der Waals surface area (Å²) in [7, 11) is 0. The first kappa shape index (κ1) is 13.8. The molecule has 2 N–H and O–H groups in total. The van der Waals surface area contributed by atoms with Crippen LogP contribution in [-0.4, -0.2) is 22.6 Å². The molecular weight excluding hydrogens is 240 g/mol. The van der Waals surface area contributed by atoms with Crippen LogP contribution in [0.1, 0.15) is 47.9 Å². The number of nitrogens with one attached hydrogen (secondary N) is 1. The molecule has 0 spiro atoms. The molecule has 2 unspecified atom stereocenters. The van der Waals surface area contributed by atoms with Gasteiger partial charge in [0.25, 0.3) is 0 Å². The summed E-state index contributed by atoms with van der Waals surface area (Å²) in [6.07, 6.45) is 3.75. The average Bonchev–Trinajstić information content (AvgIpc) is 2.71. The van der Waals surface area contributed by atoms with Crippen molar-refractivity contribution in [3.8, 4) is 0 Å². The molecule has 1 heterocycles. The van der Waals surface area contributed by atoms with E-state index in [1.54, 1.807) is 6.92 Å². The van der Waals surface area contributed by atoms with Crippen molar-refractivity contribution in [3.05, 3.63) is 23.0 Å². The summed E-state index contributed by atoms with van der Waals surface area (Å²) in [6.45, 7) is 6.78. The van der Waals surface area contributed by atoms with Gasteiger partial charge in [0.2, 0.25) is 0 Å². The number of aromatic nitrogens is 1. The van der Waals surface area contributed by atoms with E-state index in [2.05, 4.69) is 17.2 Å². The van der Waals surface area contributed by atoms with Crippen molar-refractivity contribution in [2.75, 3.05) is 11.9 Å². The van der Waals surface area contributed by atoms with Crippen molar-refractivity contribution in [2.24, 2.45) is 11.8 Å². The molecule has 2 rings (SSSR count). The van der Waals surface area contributed by atoms with Gasteiger partial charge < -0.3 is 10.4 Å². The van der Waals surface area contributed by atoms with Crippen molar-refractivity contribution in [1.29, 1.82) is 0 Å². The Hall–Kier alpha value is -1.58. The Balaban J connectivity index is 2.12. The van der Waals surface area contributed by atoms with Gasteiger partial charge in [0.1, 0.15) is 5.56 Å². The molecule has 1 aliphatic rings. The molecule has 1 saturated carbocycles. The third kappa shape index (κ3) is 3.25. The van der Waals surface area contributed by atoms with Crippen molar-refractivity contribution in [1.82, 2.24) is 4.98 Å². The fourth-order valence-electron chi connectivity index (χ4n) is 3.00. The van der Waals surface area contributed by atoms with Crippen molar-refractivity contribution in [3.63, 3.8) is 0 Å². The number of hydrogen-bond donors (Lipinski definition) is 2. The topological polar surface area (TPSA) is 62.2 Å². The summed E-state index contributed by atoms with van der Waals surface area (Å²) in [5, 5.41) is 12.6. The van der Waals surface area contributed by atoms with Crippen LogP contribution in [0.4, 0.5) is 5.69 Å². The van der Waals surface area contributed by atoms with Gasteiger partial charge in [-0.2, -0.15) is 0 Å². The normalized spacial score (nSPS) is 22.5. The van der Waals surface area contributed by atoms with Crippen LogP contribution >= 0.6 is 0 Å². The molecule has 0 radical (unpaired) electrons. The molecular formula is C15H22N2O2. The second kappa shape index (κ2) is 5.59. The lowest BCUT2D eigenvalue weighted by atomic mass is 10.1. The predicted octanol–water partition coefficient (Wildman–Crippen LogP) is 3.24. The number of aromatic carboxylic acids is 1. The maximum absolute atomic E-state index is 11.3. The van der Waals surface area contributed by atoms with Crippen LogP contribution in [-0.2, 0) is 0 Å². The Bertz CT molecular complexity index is 485. The quantitative estimate of drug-likeness (QED) is 0.874. The lowest BCUT2D eigenvalue weighted by Crippen LogP contribution is -2.15. The second-order valence-corrected chi connectivity index (χ2v) is 5.74. The molecule has 1 fully saturated rings. The SMILES string of the molecule is Cc1cc(NCC2CCC(C)C2)c(C(=O)O)c(C)n1. The lowest BCUT2D eigenvalue weighted by Gasteiger charge is -2.15. The third-order valence-electron chi connectivity index (χ3n) is 3.93. The summed E-state index contributed by atoms with van der Waals surface area (Å²) in [5.74, 6) is 0.546. The number of carbonyl (C=O) groups is 1. The fraction of sp³-hybridized carbons (Fsp3) is 0.600. The highest BCUT2D eigenvalue weighted by molar-refractivity contribution is 5.95. The number of anilines is 1. The Morgan fingerprint density at radius 1 is 1.47 bits per heavy atom. The van der Waals surface area contributed by atoms with E-state index in [1.165, 1.54) is 19.3 Å². The number of pyridine rings is 1. The minimum atomic E-state index is -0.910. The van der Waals surface area contributed by atoms with Crippen molar-refractivity contribution < 1.29 is 9.90 Å². The van der Waals surface area contributed by atoms with Crippen LogP contribution in [0.3, 0.4) is 0 Å². The first-order valence-electron chi connectivity index (χ1n) is 6.92. The van der Waals surface area contributed by atoms with Crippen molar-refractivity contribution >= 4 is 11.7 Å². The molecule has 0 bridgehead atoms. The van der Waals surface area contributed by atoms with Gasteiger partial charge in [-0.25, -0.2) is 4.79 Å². The highest BCUT2D eigenvalue weighted by Gasteiger charge is 2.22. The zero-order valence-electron chi connectivity index (χ0n) is 11.9. The van der Waals surface area contributed by atoms with Gasteiger partial charge in [-0.05, 0) is 44.6 Å². The van der Waals surface area contributed by atoms with Crippen LogP contribution in [0, 0.1) is 25.7 Å². The predicted molar refractivity (Wildman–Crippen MR) is 75.7 cm³/mol. The van der Waals surface area contributed by atoms with E-state index in [4.69, 9.17) is 0 Å². The number of aryl methyl sites for hydroxylation is 2. The lowest BCUT2D eigenvalue weighted by molar-refractivity contribution is 0.0696. The number of hydrogen-bond acceptors (Lipinski definition) is 3. The largest absolute Gasteiger partial charge is 0.478 e. The van der Waals surface area contributed by atoms with Gasteiger partial charge in [0, 0.05) is 12.2 Å². The highest BCUT2D eigenvalue weighted by Crippen LogP contribution is 2.31. The maximum Gasteiger partial charge on any atom is 0.339 e. The summed E-state index contributed by atoms with van der Waals surface area (Å²) < 4.78 is 0. The number of nitrogens with zero attached hydrogens (tertiary/aromatic N) is 1. The zero-order chi connectivity index (χ0) is 14.0. The molecule has 2 atom stereocenters. The van der Waals surface area contributed by atoms with E-state index in [0.717, 1.165) is 18.2 Å². The number of rotatable bonds is 4. The average molecular weight is 262 g/mol. The summed E-state index contributed by atoms with van der Waals surface area (Å²) in [4.78, 5) is 15.5. The molecule has 4 nitrogen and oxygen atoms in total. The fourth-order valence-corrected chi connectivity index (χ4v) is 3.00. The molecule has 104 valence electrons. The summed E-state index contributed by atoms with van der Waals surface area (Å²) in [6, 6.07) is 1.83. The van der Waals surface area contributed by atoms with E-state index in [9.17, 15) is 9.90 Å². The van der Waals surface area contributed by atoms with Crippen LogP contribution < -0.4 is 5.32 Å². The minimum Gasteiger partial charge on any atom is -0.478 e. The summed E-state index contributed by atoms with van der Waals surface area (Å²) >= 11 is 0. The second-order valence-electron chi connectivity index (χ2n) is 5.74. The zero-order valence-corrected chi connectivity index (χ0v) is 11.9. The highest BCUT2D eigenvalue weighted by atomic mass is 16.4. The Morgan fingerprint density at radius 2 is 2.21 bits per heavy atom. The van der Waals surface area contributed by atoms with Crippen LogP contribution in [0.15, 0.2) is 6.07 Å². The molecule has 1 aliphatic carbocycles. The first-order valence-corrected chi connectivity index (χ1v) is 6.92. The van der Waals surface area contributed by atoms with Gasteiger partial charge in [-0.15, -0.1) is 0 Å². The minimum absolute atomic E-state index is 0.302. The Morgan fingerprint density at radius 3 is 2.79 bits per heavy atom. The van der Waals surface area contributed by atoms with Gasteiger partial charge >= 0.3 is 5.97 Å². The molecule has 0 aromatic carbocycles. The monoisotopic (exact) mass is 262 g/mol. The van der Waals surface area contributed by atoms with Crippen LogP contribution in [0.5, 0.6) is 0 Å². The van der Waals surface area contributed by atoms with Crippen LogP contribution in [0.2, 0.25) is 0 Å². The molecule has 1 aromatic heterocycles. The molecule has 1 aromatic rings. The molecule has 0 saturated heterocycles. The number of carboxylic acid groups (broad SMARTS) is 1. The molecule has 4 heteroatoms. The molecule has 19 heavy (non-hydrogen) atoms. The maximum atomic E-state index is 11.3. The molecule has 0 aliphatic heterocycles. The summed E-state index contributed by atoms with van der Waals surface area (Å²) in [5.41, 5.74) is 2.44. The Kier molecular flexibility index (Phi) is 4.08.